The van der Waals surface area contributed by atoms with Crippen LogP contribution in [0.15, 0.2) is 58.4 Å². The summed E-state index contributed by atoms with van der Waals surface area (Å²) in [7, 11) is 3.25. The van der Waals surface area contributed by atoms with E-state index in [4.69, 9.17) is 14.5 Å². The number of carbonyl (C=O) groups is 1. The van der Waals surface area contributed by atoms with Gasteiger partial charge in [0.1, 0.15) is 11.5 Å². The zero-order valence-electron chi connectivity index (χ0n) is 18.2. The highest BCUT2D eigenvalue weighted by Crippen LogP contribution is 2.41. The molecule has 0 N–H and O–H groups in total. The van der Waals surface area contributed by atoms with Crippen molar-refractivity contribution in [3.05, 3.63) is 59.0 Å². The summed E-state index contributed by atoms with van der Waals surface area (Å²) < 4.78 is 10.8. The topological polar surface area (TPSA) is 51.1 Å². The lowest BCUT2D eigenvalue weighted by Gasteiger charge is -2.35. The number of nitrogens with zero attached hydrogens (tertiary/aromatic N) is 2. The minimum atomic E-state index is 0.0244. The molecule has 2 aliphatic rings. The van der Waals surface area contributed by atoms with Crippen molar-refractivity contribution in [2.24, 2.45) is 10.9 Å². The summed E-state index contributed by atoms with van der Waals surface area (Å²) in [6.45, 7) is 2.25. The van der Waals surface area contributed by atoms with Crippen molar-refractivity contribution in [1.82, 2.24) is 4.90 Å². The van der Waals surface area contributed by atoms with Crippen LogP contribution in [-0.2, 0) is 4.79 Å². The van der Waals surface area contributed by atoms with Crippen molar-refractivity contribution in [3.63, 3.8) is 0 Å². The Labute approximate surface area is 188 Å². The van der Waals surface area contributed by atoms with Crippen LogP contribution in [0.2, 0.25) is 0 Å². The quantitative estimate of drug-likeness (QED) is 0.549. The minimum Gasteiger partial charge on any atom is -0.497 e. The first-order valence-electron chi connectivity index (χ1n) is 10.7. The molecular weight excluding hydrogens is 408 g/mol. The summed E-state index contributed by atoms with van der Waals surface area (Å²) in [6.07, 6.45) is 6.43. The standard InChI is InChI=1S/C25H28N2O3S/c1-17-9-7-8-12-21(17)27-24(28)23(31-25(27)26-19-10-5-4-6-11-19)15-18-13-14-20(29-2)16-22(18)30-3/h4-6,10-11,13-17,21H,7-9,12H2,1-3H3/b23-15-,26-25?/t17-,21+/m1/s1. The molecule has 2 atom stereocenters. The second kappa shape index (κ2) is 9.60. The van der Waals surface area contributed by atoms with Crippen LogP contribution < -0.4 is 9.47 Å². The van der Waals surface area contributed by atoms with Gasteiger partial charge in [0.2, 0.25) is 0 Å². The van der Waals surface area contributed by atoms with E-state index in [2.05, 4.69) is 6.92 Å². The van der Waals surface area contributed by atoms with Gasteiger partial charge in [0.15, 0.2) is 5.17 Å². The maximum Gasteiger partial charge on any atom is 0.267 e. The van der Waals surface area contributed by atoms with E-state index in [-0.39, 0.29) is 11.9 Å². The Balaban J connectivity index is 1.73. The summed E-state index contributed by atoms with van der Waals surface area (Å²) >= 11 is 1.44. The highest BCUT2D eigenvalue weighted by molar-refractivity contribution is 8.18. The number of amidine groups is 1. The summed E-state index contributed by atoms with van der Waals surface area (Å²) in [5.41, 5.74) is 1.70. The zero-order chi connectivity index (χ0) is 21.8. The van der Waals surface area contributed by atoms with Crippen molar-refractivity contribution in [2.45, 2.75) is 38.6 Å². The van der Waals surface area contributed by atoms with Gasteiger partial charge >= 0.3 is 0 Å². The van der Waals surface area contributed by atoms with Gasteiger partial charge in [-0.25, -0.2) is 4.99 Å². The van der Waals surface area contributed by atoms with Crippen molar-refractivity contribution in [3.8, 4) is 11.5 Å². The molecule has 1 saturated heterocycles. The predicted octanol–water partition coefficient (Wildman–Crippen LogP) is 5.89. The van der Waals surface area contributed by atoms with Crippen LogP contribution in [-0.4, -0.2) is 36.2 Å². The molecule has 1 aliphatic heterocycles. The fourth-order valence-corrected chi connectivity index (χ4v) is 5.27. The molecule has 0 unspecified atom stereocenters. The molecule has 0 aromatic heterocycles. The number of hydrogen-bond acceptors (Lipinski definition) is 5. The Bertz CT molecular complexity index is 1000. The van der Waals surface area contributed by atoms with E-state index >= 15 is 0 Å². The summed E-state index contributed by atoms with van der Waals surface area (Å²) in [6, 6.07) is 15.6. The summed E-state index contributed by atoms with van der Waals surface area (Å²) in [4.78, 5) is 21.0. The second-order valence-corrected chi connectivity index (χ2v) is 8.96. The predicted molar refractivity (Wildman–Crippen MR) is 127 cm³/mol. The number of thioether (sulfide) groups is 1. The number of hydrogen-bond donors (Lipinski definition) is 0. The Morgan fingerprint density at radius 2 is 1.84 bits per heavy atom. The number of amides is 1. The molecule has 5 nitrogen and oxygen atoms in total. The Kier molecular flexibility index (Phi) is 6.66. The van der Waals surface area contributed by atoms with E-state index in [1.165, 1.54) is 18.2 Å². The fourth-order valence-electron chi connectivity index (χ4n) is 4.23. The highest BCUT2D eigenvalue weighted by atomic mass is 32.2. The first kappa shape index (κ1) is 21.5. The molecule has 31 heavy (non-hydrogen) atoms. The largest absolute Gasteiger partial charge is 0.497 e. The van der Waals surface area contributed by atoms with Gasteiger partial charge in [0.25, 0.3) is 5.91 Å². The van der Waals surface area contributed by atoms with Crippen LogP contribution in [0.5, 0.6) is 11.5 Å². The van der Waals surface area contributed by atoms with Gasteiger partial charge in [0, 0.05) is 17.7 Å². The average molecular weight is 437 g/mol. The molecule has 1 aliphatic carbocycles. The number of para-hydroxylation sites is 1. The van der Waals surface area contributed by atoms with Crippen molar-refractivity contribution in [2.75, 3.05) is 14.2 Å². The fraction of sp³-hybridized carbons (Fsp3) is 0.360. The van der Waals surface area contributed by atoms with Gasteiger partial charge in [-0.2, -0.15) is 0 Å². The molecule has 1 amide bonds. The Morgan fingerprint density at radius 3 is 2.55 bits per heavy atom. The lowest BCUT2D eigenvalue weighted by Crippen LogP contribution is -2.44. The van der Waals surface area contributed by atoms with Gasteiger partial charge in [-0.15, -0.1) is 0 Å². The highest BCUT2D eigenvalue weighted by Gasteiger charge is 2.41. The summed E-state index contributed by atoms with van der Waals surface area (Å²) in [5, 5.41) is 0.758. The van der Waals surface area contributed by atoms with Gasteiger partial charge in [-0.05, 0) is 60.9 Å². The number of methoxy groups -OCH3 is 2. The van der Waals surface area contributed by atoms with Crippen LogP contribution in [0, 0.1) is 5.92 Å². The van der Waals surface area contributed by atoms with E-state index < -0.39 is 0 Å². The average Bonchev–Trinajstić information content (AvgIpc) is 3.09. The number of ether oxygens (including phenoxy) is 2. The maximum atomic E-state index is 13.6. The van der Waals surface area contributed by atoms with E-state index in [1.54, 1.807) is 14.2 Å². The van der Waals surface area contributed by atoms with E-state index in [0.29, 0.717) is 22.3 Å². The molecule has 162 valence electrons. The molecule has 2 fully saturated rings. The van der Waals surface area contributed by atoms with Gasteiger partial charge in [-0.3, -0.25) is 9.69 Å². The first-order chi connectivity index (χ1) is 15.1. The third-order valence-electron chi connectivity index (χ3n) is 5.94. The molecule has 4 rings (SSSR count). The molecule has 1 heterocycles. The second-order valence-electron chi connectivity index (χ2n) is 7.95. The van der Waals surface area contributed by atoms with Gasteiger partial charge < -0.3 is 9.47 Å². The molecule has 1 saturated carbocycles. The number of carbonyl (C=O) groups excluding carboxylic acids is 1. The lowest BCUT2D eigenvalue weighted by molar-refractivity contribution is -0.124. The smallest absolute Gasteiger partial charge is 0.267 e. The number of rotatable bonds is 5. The summed E-state index contributed by atoms with van der Waals surface area (Å²) in [5.74, 6) is 1.87. The van der Waals surface area contributed by atoms with Gasteiger partial charge in [-0.1, -0.05) is 38.0 Å². The number of benzene rings is 2. The Hall–Kier alpha value is -2.73. The van der Waals surface area contributed by atoms with Crippen LogP contribution in [0.4, 0.5) is 5.69 Å². The van der Waals surface area contributed by atoms with Crippen LogP contribution in [0.3, 0.4) is 0 Å². The van der Waals surface area contributed by atoms with Crippen LogP contribution >= 0.6 is 11.8 Å². The van der Waals surface area contributed by atoms with E-state index in [1.807, 2.05) is 59.5 Å². The van der Waals surface area contributed by atoms with Crippen LogP contribution in [0.25, 0.3) is 6.08 Å². The van der Waals surface area contributed by atoms with E-state index in [9.17, 15) is 4.79 Å². The third kappa shape index (κ3) is 4.64. The molecule has 0 bridgehead atoms. The molecule has 2 aromatic carbocycles. The minimum absolute atomic E-state index is 0.0244. The number of aliphatic imine (C=N–C) groups is 1. The molecule has 6 heteroatoms. The lowest BCUT2D eigenvalue weighted by atomic mass is 9.85. The van der Waals surface area contributed by atoms with Crippen molar-refractivity contribution in [1.29, 1.82) is 0 Å². The normalized spacial score (nSPS) is 24.1. The van der Waals surface area contributed by atoms with Gasteiger partial charge in [0.05, 0.1) is 24.8 Å². The molecular formula is C25H28N2O3S. The first-order valence-corrected chi connectivity index (χ1v) is 11.5. The maximum absolute atomic E-state index is 13.6. The zero-order valence-corrected chi connectivity index (χ0v) is 19.0. The molecule has 0 radical (unpaired) electrons. The van der Waals surface area contributed by atoms with Crippen LogP contribution in [0.1, 0.15) is 38.2 Å². The SMILES string of the molecule is COc1ccc(/C=C2\SC(=Nc3ccccc3)N([C@H]3CCCC[C@H]3C)C2=O)c(OC)c1. The van der Waals surface area contributed by atoms with Crippen molar-refractivity contribution < 1.29 is 14.3 Å². The molecule has 2 aromatic rings. The van der Waals surface area contributed by atoms with Crippen molar-refractivity contribution >= 4 is 34.6 Å². The Morgan fingerprint density at radius 1 is 1.06 bits per heavy atom. The third-order valence-corrected chi connectivity index (χ3v) is 6.93. The monoisotopic (exact) mass is 436 g/mol. The molecule has 0 spiro atoms. The van der Waals surface area contributed by atoms with E-state index in [0.717, 1.165) is 35.7 Å².